The fourth-order valence-corrected chi connectivity index (χ4v) is 4.94. The molecule has 1 fully saturated rings. The largest absolute Gasteiger partial charge is 0.496 e. The number of carbonyl (C=O) groups excluding carboxylic acids is 2. The Balaban J connectivity index is 1.45. The van der Waals surface area contributed by atoms with Gasteiger partial charge in [0.05, 0.1) is 32.8 Å². The maximum absolute atomic E-state index is 13.4. The van der Waals surface area contributed by atoms with E-state index in [0.29, 0.717) is 60.4 Å². The van der Waals surface area contributed by atoms with Gasteiger partial charge in [-0.3, -0.25) is 9.59 Å². The summed E-state index contributed by atoms with van der Waals surface area (Å²) in [6.07, 6.45) is 4.35. The summed E-state index contributed by atoms with van der Waals surface area (Å²) in [5.74, 6) is 1.86. The molecule has 2 aromatic rings. The molecule has 0 saturated carbocycles. The first kappa shape index (κ1) is 24.9. The summed E-state index contributed by atoms with van der Waals surface area (Å²) in [5.41, 5.74) is 2.56. The highest BCUT2D eigenvalue weighted by atomic mass is 35.5. The second kappa shape index (κ2) is 11.0. The topological polar surface area (TPSA) is 68.3 Å². The van der Waals surface area contributed by atoms with Crippen LogP contribution < -0.4 is 14.2 Å². The maximum Gasteiger partial charge on any atom is 0.253 e. The summed E-state index contributed by atoms with van der Waals surface area (Å²) in [5, 5.41) is 0.593. The lowest BCUT2D eigenvalue weighted by Crippen LogP contribution is -2.47. The predicted octanol–water partition coefficient (Wildman–Crippen LogP) is 4.53. The molecule has 1 saturated heterocycles. The van der Waals surface area contributed by atoms with E-state index in [1.54, 1.807) is 50.5 Å². The van der Waals surface area contributed by atoms with Crippen LogP contribution in [-0.4, -0.2) is 69.1 Å². The number of methoxy groups -OCH3 is 3. The van der Waals surface area contributed by atoms with Crippen LogP contribution in [0.3, 0.4) is 0 Å². The average molecular weight is 499 g/mol. The zero-order valence-electron chi connectivity index (χ0n) is 20.4. The Hall–Kier alpha value is -3.19. The Labute approximate surface area is 211 Å². The normalized spacial score (nSPS) is 18.1. The van der Waals surface area contributed by atoms with E-state index >= 15 is 0 Å². The van der Waals surface area contributed by atoms with Crippen molar-refractivity contribution in [3.63, 3.8) is 0 Å². The van der Waals surface area contributed by atoms with Crippen LogP contribution in [0.15, 0.2) is 42.5 Å². The molecule has 0 spiro atoms. The number of hydrogen-bond acceptors (Lipinski definition) is 5. The molecule has 186 valence electrons. The lowest BCUT2D eigenvalue weighted by atomic mass is 9.93. The number of halogens is 1. The lowest BCUT2D eigenvalue weighted by Gasteiger charge is -2.36. The molecule has 7 nitrogen and oxygen atoms in total. The second-order valence-electron chi connectivity index (χ2n) is 8.77. The molecule has 8 heteroatoms. The first-order valence-corrected chi connectivity index (χ1v) is 12.2. The van der Waals surface area contributed by atoms with Gasteiger partial charge in [-0.05, 0) is 49.1 Å². The quantitative estimate of drug-likeness (QED) is 0.585. The highest BCUT2D eigenvalue weighted by Gasteiger charge is 2.32. The van der Waals surface area contributed by atoms with E-state index < -0.39 is 0 Å². The molecule has 2 amide bonds. The molecule has 1 atom stereocenters. The van der Waals surface area contributed by atoms with Gasteiger partial charge in [-0.15, -0.1) is 0 Å². The van der Waals surface area contributed by atoms with Crippen LogP contribution in [0.4, 0.5) is 0 Å². The SMILES string of the molecule is COc1cc(OC)c(C2=CCN(C(=O)[C@H]3CCCN(C(=O)c4ccc(Cl)cc4)C3)CC2)c(OC)c1. The Kier molecular flexibility index (Phi) is 7.86. The minimum absolute atomic E-state index is 0.0568. The molecule has 0 bridgehead atoms. The summed E-state index contributed by atoms with van der Waals surface area (Å²) >= 11 is 5.95. The number of hydrogen-bond donors (Lipinski definition) is 0. The predicted molar refractivity (Wildman–Crippen MR) is 135 cm³/mol. The minimum atomic E-state index is -0.194. The standard InChI is InChI=1S/C27H31ClN2O5/c1-33-22-15-23(34-2)25(24(16-22)35-3)18-10-13-29(14-11-18)27(32)20-5-4-12-30(17-20)26(31)19-6-8-21(28)9-7-19/h6-10,15-16,20H,4-5,11-14,17H2,1-3H3/t20-/m0/s1. The fraction of sp³-hybridized carbons (Fsp3) is 0.407. The summed E-state index contributed by atoms with van der Waals surface area (Å²) in [6.45, 7) is 2.21. The lowest BCUT2D eigenvalue weighted by molar-refractivity contribution is -0.136. The third kappa shape index (κ3) is 5.40. The average Bonchev–Trinajstić information content (AvgIpc) is 2.92. The van der Waals surface area contributed by atoms with Gasteiger partial charge in [0.2, 0.25) is 5.91 Å². The van der Waals surface area contributed by atoms with Crippen LogP contribution >= 0.6 is 11.6 Å². The maximum atomic E-state index is 13.4. The van der Waals surface area contributed by atoms with E-state index in [1.807, 2.05) is 17.0 Å². The van der Waals surface area contributed by atoms with Gasteiger partial charge in [0.25, 0.3) is 5.91 Å². The van der Waals surface area contributed by atoms with E-state index in [4.69, 9.17) is 25.8 Å². The van der Waals surface area contributed by atoms with Crippen molar-refractivity contribution in [2.24, 2.45) is 5.92 Å². The van der Waals surface area contributed by atoms with Gasteiger partial charge in [0.15, 0.2) is 0 Å². The monoisotopic (exact) mass is 498 g/mol. The van der Waals surface area contributed by atoms with Crippen molar-refractivity contribution in [1.29, 1.82) is 0 Å². The molecule has 4 rings (SSSR count). The molecule has 35 heavy (non-hydrogen) atoms. The van der Waals surface area contributed by atoms with Crippen molar-refractivity contribution in [2.75, 3.05) is 47.5 Å². The Morgan fingerprint density at radius 1 is 0.943 bits per heavy atom. The number of piperidine rings is 1. The van der Waals surface area contributed by atoms with E-state index in [-0.39, 0.29) is 17.7 Å². The van der Waals surface area contributed by atoms with Crippen molar-refractivity contribution in [3.8, 4) is 17.2 Å². The second-order valence-corrected chi connectivity index (χ2v) is 9.20. The molecule has 2 aliphatic heterocycles. The zero-order chi connectivity index (χ0) is 24.9. The molecule has 0 radical (unpaired) electrons. The van der Waals surface area contributed by atoms with Crippen molar-refractivity contribution in [2.45, 2.75) is 19.3 Å². The highest BCUT2D eigenvalue weighted by molar-refractivity contribution is 6.30. The van der Waals surface area contributed by atoms with Gasteiger partial charge in [-0.2, -0.15) is 0 Å². The van der Waals surface area contributed by atoms with E-state index in [2.05, 4.69) is 6.08 Å². The van der Waals surface area contributed by atoms with Crippen molar-refractivity contribution < 1.29 is 23.8 Å². The third-order valence-electron chi connectivity index (χ3n) is 6.71. The van der Waals surface area contributed by atoms with Crippen molar-refractivity contribution in [3.05, 3.63) is 58.6 Å². The Morgan fingerprint density at radius 3 is 2.20 bits per heavy atom. The van der Waals surface area contributed by atoms with E-state index in [1.165, 1.54) is 0 Å². The highest BCUT2D eigenvalue weighted by Crippen LogP contribution is 2.41. The first-order chi connectivity index (χ1) is 16.9. The molecule has 0 N–H and O–H groups in total. The molecule has 0 aliphatic carbocycles. The summed E-state index contributed by atoms with van der Waals surface area (Å²) in [6, 6.07) is 10.6. The Bertz CT molecular complexity index is 1090. The first-order valence-electron chi connectivity index (χ1n) is 11.8. The number of rotatable bonds is 6. The van der Waals surface area contributed by atoms with Gasteiger partial charge in [-0.1, -0.05) is 17.7 Å². The van der Waals surface area contributed by atoms with Crippen molar-refractivity contribution in [1.82, 2.24) is 9.80 Å². The molecule has 0 unspecified atom stereocenters. The van der Waals surface area contributed by atoms with Crippen LogP contribution in [0.1, 0.15) is 35.2 Å². The van der Waals surface area contributed by atoms with E-state index in [9.17, 15) is 9.59 Å². The number of benzene rings is 2. The molecular formula is C27H31ClN2O5. The number of carbonyl (C=O) groups is 2. The van der Waals surface area contributed by atoms with Crippen LogP contribution in [0, 0.1) is 5.92 Å². The van der Waals surface area contributed by atoms with Gasteiger partial charge >= 0.3 is 0 Å². The summed E-state index contributed by atoms with van der Waals surface area (Å²) in [7, 11) is 4.85. The van der Waals surface area contributed by atoms with Gasteiger partial charge in [0, 0.05) is 48.9 Å². The molecule has 0 aromatic heterocycles. The smallest absolute Gasteiger partial charge is 0.253 e. The number of likely N-dealkylation sites (tertiary alicyclic amines) is 1. The molecule has 2 aromatic carbocycles. The number of amides is 2. The molecule has 2 aliphatic rings. The summed E-state index contributed by atoms with van der Waals surface area (Å²) < 4.78 is 16.6. The van der Waals surface area contributed by atoms with Gasteiger partial charge < -0.3 is 24.0 Å². The third-order valence-corrected chi connectivity index (χ3v) is 6.96. The van der Waals surface area contributed by atoms with Crippen LogP contribution in [0.5, 0.6) is 17.2 Å². The van der Waals surface area contributed by atoms with Gasteiger partial charge in [0.1, 0.15) is 17.2 Å². The molecular weight excluding hydrogens is 468 g/mol. The van der Waals surface area contributed by atoms with Crippen LogP contribution in [0.2, 0.25) is 5.02 Å². The summed E-state index contributed by atoms with van der Waals surface area (Å²) in [4.78, 5) is 30.0. The minimum Gasteiger partial charge on any atom is -0.496 e. The van der Waals surface area contributed by atoms with Crippen LogP contribution in [-0.2, 0) is 4.79 Å². The number of ether oxygens (including phenoxy) is 3. The van der Waals surface area contributed by atoms with E-state index in [0.717, 1.165) is 24.0 Å². The molecule has 2 heterocycles. The number of nitrogens with zero attached hydrogens (tertiary/aromatic N) is 2. The van der Waals surface area contributed by atoms with Crippen LogP contribution in [0.25, 0.3) is 5.57 Å². The zero-order valence-corrected chi connectivity index (χ0v) is 21.1. The Morgan fingerprint density at radius 2 is 1.63 bits per heavy atom. The van der Waals surface area contributed by atoms with Crippen molar-refractivity contribution >= 4 is 29.0 Å². The fourth-order valence-electron chi connectivity index (χ4n) is 4.81. The van der Waals surface area contributed by atoms with Gasteiger partial charge in [-0.25, -0.2) is 0 Å².